The van der Waals surface area contributed by atoms with Gasteiger partial charge in [0.15, 0.2) is 5.51 Å². The lowest BCUT2D eigenvalue weighted by Gasteiger charge is -2.03. The molecule has 0 aromatic carbocycles. The van der Waals surface area contributed by atoms with Crippen LogP contribution in [0.3, 0.4) is 0 Å². The topological polar surface area (TPSA) is 22.1 Å². The molecule has 1 aromatic rings. The van der Waals surface area contributed by atoms with Crippen LogP contribution in [0.5, 0.6) is 5.88 Å². The highest BCUT2D eigenvalue weighted by Gasteiger charge is 2.06. The van der Waals surface area contributed by atoms with Crippen LogP contribution in [0.1, 0.15) is 4.88 Å². The summed E-state index contributed by atoms with van der Waals surface area (Å²) in [5.74, 6) is 0.725. The largest absolute Gasteiger partial charge is 0.472 e. The van der Waals surface area contributed by atoms with Gasteiger partial charge in [0.25, 0.3) is 0 Å². The van der Waals surface area contributed by atoms with E-state index in [2.05, 4.69) is 10.5 Å². The van der Waals surface area contributed by atoms with Gasteiger partial charge in [-0.1, -0.05) is 0 Å². The van der Waals surface area contributed by atoms with Crippen LogP contribution in [-0.2, 0) is 0 Å². The maximum atomic E-state index is 5.14. The number of rotatable bonds is 0. The van der Waals surface area contributed by atoms with Gasteiger partial charge in [0.2, 0.25) is 5.88 Å². The van der Waals surface area contributed by atoms with Gasteiger partial charge in [-0.2, -0.15) is 4.98 Å². The first-order valence-electron chi connectivity index (χ1n) is 2.63. The molecule has 0 saturated carbocycles. The summed E-state index contributed by atoms with van der Waals surface area (Å²) in [6.07, 6.45) is 3.97. The van der Waals surface area contributed by atoms with Crippen LogP contribution in [0.4, 0.5) is 0 Å². The van der Waals surface area contributed by atoms with Gasteiger partial charge in [-0.3, -0.25) is 0 Å². The Morgan fingerprint density at radius 2 is 2.78 bits per heavy atom. The van der Waals surface area contributed by atoms with E-state index in [-0.39, 0.29) is 0 Å². The van der Waals surface area contributed by atoms with Crippen LogP contribution in [0.2, 0.25) is 0 Å². The van der Waals surface area contributed by atoms with Crippen molar-refractivity contribution >= 4 is 17.4 Å². The van der Waals surface area contributed by atoms with Crippen molar-refractivity contribution in [3.63, 3.8) is 0 Å². The van der Waals surface area contributed by atoms with Crippen LogP contribution in [-0.4, -0.2) is 11.6 Å². The summed E-state index contributed by atoms with van der Waals surface area (Å²) in [4.78, 5) is 4.95. The number of fused-ring (bicyclic) bond motifs is 1. The van der Waals surface area contributed by atoms with E-state index in [0.29, 0.717) is 6.61 Å². The number of ether oxygens (including phenoxy) is 1. The summed E-state index contributed by atoms with van der Waals surface area (Å²) in [5, 5.41) is 0. The fraction of sp³-hybridized carbons (Fsp3) is 0.167. The Morgan fingerprint density at radius 3 is 3.67 bits per heavy atom. The summed E-state index contributed by atoms with van der Waals surface area (Å²) in [7, 11) is 0. The highest BCUT2D eigenvalue weighted by molar-refractivity contribution is 7.10. The van der Waals surface area contributed by atoms with Crippen LogP contribution < -0.4 is 4.74 Å². The molecule has 0 aliphatic carbocycles. The SMILES string of the molecule is [c]1nc2c(s1)C=CCO2. The quantitative estimate of drug-likeness (QED) is 0.540. The first-order valence-corrected chi connectivity index (χ1v) is 3.45. The molecule has 0 amide bonds. The molecule has 0 N–H and O–H groups in total. The van der Waals surface area contributed by atoms with Crippen LogP contribution >= 0.6 is 11.3 Å². The molecule has 45 valence electrons. The normalized spacial score (nSPS) is 14.7. The predicted molar refractivity (Wildman–Crippen MR) is 35.5 cm³/mol. The highest BCUT2D eigenvalue weighted by Crippen LogP contribution is 2.24. The lowest BCUT2D eigenvalue weighted by atomic mass is 10.4. The van der Waals surface area contributed by atoms with Gasteiger partial charge in [-0.05, 0) is 12.2 Å². The maximum absolute atomic E-state index is 5.14. The minimum atomic E-state index is 0.643. The molecule has 0 saturated heterocycles. The number of hydrogen-bond acceptors (Lipinski definition) is 3. The Bertz CT molecular complexity index is 241. The maximum Gasteiger partial charge on any atom is 0.232 e. The van der Waals surface area contributed by atoms with Crippen LogP contribution in [0.25, 0.3) is 6.08 Å². The van der Waals surface area contributed by atoms with Gasteiger partial charge in [0, 0.05) is 0 Å². The van der Waals surface area contributed by atoms with Crippen molar-refractivity contribution in [2.45, 2.75) is 0 Å². The van der Waals surface area contributed by atoms with E-state index in [1.54, 1.807) is 0 Å². The zero-order valence-corrected chi connectivity index (χ0v) is 5.44. The molecule has 0 fully saturated rings. The van der Waals surface area contributed by atoms with Crippen molar-refractivity contribution in [1.29, 1.82) is 0 Å². The summed E-state index contributed by atoms with van der Waals surface area (Å²) in [5.41, 5.74) is 2.76. The third kappa shape index (κ3) is 0.733. The summed E-state index contributed by atoms with van der Waals surface area (Å²) in [6.45, 7) is 0.643. The van der Waals surface area contributed by atoms with E-state index in [0.717, 1.165) is 10.8 Å². The smallest absolute Gasteiger partial charge is 0.232 e. The fourth-order valence-corrected chi connectivity index (χ4v) is 1.29. The molecule has 0 spiro atoms. The summed E-state index contributed by atoms with van der Waals surface area (Å²) < 4.78 is 5.14. The monoisotopic (exact) mass is 138 g/mol. The zero-order chi connectivity index (χ0) is 6.10. The summed E-state index contributed by atoms with van der Waals surface area (Å²) >= 11 is 1.48. The summed E-state index contributed by atoms with van der Waals surface area (Å²) in [6, 6.07) is 0. The third-order valence-electron chi connectivity index (χ3n) is 1.10. The van der Waals surface area contributed by atoms with Crippen molar-refractivity contribution in [2.75, 3.05) is 6.61 Å². The average Bonchev–Trinajstić information content (AvgIpc) is 2.33. The van der Waals surface area contributed by atoms with Gasteiger partial charge in [0.05, 0.1) is 4.88 Å². The van der Waals surface area contributed by atoms with Gasteiger partial charge in [-0.25, -0.2) is 0 Å². The Hall–Kier alpha value is -0.830. The standard InChI is InChI=1S/C6H4NOS/c1-2-5-6(8-3-1)7-4-9-5/h1-2H,3H2. The van der Waals surface area contributed by atoms with E-state index in [4.69, 9.17) is 4.74 Å². The van der Waals surface area contributed by atoms with Crippen molar-refractivity contribution in [1.82, 2.24) is 4.98 Å². The second kappa shape index (κ2) is 1.84. The van der Waals surface area contributed by atoms with Gasteiger partial charge >= 0.3 is 0 Å². The lowest BCUT2D eigenvalue weighted by molar-refractivity contribution is 0.346. The fourth-order valence-electron chi connectivity index (χ4n) is 0.703. The molecule has 9 heavy (non-hydrogen) atoms. The minimum Gasteiger partial charge on any atom is -0.472 e. The molecular formula is C6H4NOS. The highest BCUT2D eigenvalue weighted by atomic mass is 32.1. The van der Waals surface area contributed by atoms with Crippen molar-refractivity contribution < 1.29 is 4.74 Å². The number of aromatic nitrogens is 1. The molecule has 0 atom stereocenters. The molecular weight excluding hydrogens is 134 g/mol. The molecule has 0 unspecified atom stereocenters. The first kappa shape index (κ1) is 4.99. The molecule has 2 nitrogen and oxygen atoms in total. The van der Waals surface area contributed by atoms with Crippen LogP contribution in [0, 0.1) is 5.51 Å². The number of nitrogens with zero attached hydrogens (tertiary/aromatic N) is 1. The van der Waals surface area contributed by atoms with Gasteiger partial charge < -0.3 is 4.74 Å². The van der Waals surface area contributed by atoms with E-state index in [1.807, 2.05) is 12.2 Å². The lowest BCUT2D eigenvalue weighted by Crippen LogP contribution is -1.97. The molecule has 1 aromatic heterocycles. The Morgan fingerprint density at radius 1 is 1.78 bits per heavy atom. The van der Waals surface area contributed by atoms with E-state index in [1.165, 1.54) is 11.3 Å². The number of thiazole rings is 1. The molecule has 0 bridgehead atoms. The molecule has 3 heteroatoms. The Labute approximate surface area is 56.8 Å². The molecule has 2 rings (SSSR count). The van der Waals surface area contributed by atoms with Crippen LogP contribution in [0.15, 0.2) is 6.08 Å². The first-order chi connectivity index (χ1) is 4.47. The van der Waals surface area contributed by atoms with Crippen molar-refractivity contribution in [2.24, 2.45) is 0 Å². The van der Waals surface area contributed by atoms with Crippen molar-refractivity contribution in [3.8, 4) is 5.88 Å². The predicted octanol–water partition coefficient (Wildman–Crippen LogP) is 1.35. The minimum absolute atomic E-state index is 0.643. The molecule has 1 aliphatic heterocycles. The second-order valence-electron chi connectivity index (χ2n) is 1.69. The van der Waals surface area contributed by atoms with Crippen molar-refractivity contribution in [3.05, 3.63) is 16.5 Å². The van der Waals surface area contributed by atoms with E-state index in [9.17, 15) is 0 Å². The molecule has 1 aliphatic rings. The molecule has 2 heterocycles. The Balaban J connectivity index is 2.53. The average molecular weight is 138 g/mol. The number of hydrogen-bond donors (Lipinski definition) is 0. The van der Waals surface area contributed by atoms with Gasteiger partial charge in [-0.15, -0.1) is 11.3 Å². The van der Waals surface area contributed by atoms with E-state index < -0.39 is 0 Å². The second-order valence-corrected chi connectivity index (χ2v) is 2.51. The third-order valence-corrected chi connectivity index (χ3v) is 1.81. The Kier molecular flexibility index (Phi) is 1.02. The zero-order valence-electron chi connectivity index (χ0n) is 4.63. The van der Waals surface area contributed by atoms with E-state index >= 15 is 0 Å². The van der Waals surface area contributed by atoms with Gasteiger partial charge in [0.1, 0.15) is 6.61 Å². The molecule has 1 radical (unpaired) electrons.